The maximum Gasteiger partial charge on any atom is 0.418 e. The summed E-state index contributed by atoms with van der Waals surface area (Å²) in [4.78, 5) is 12.3. The van der Waals surface area contributed by atoms with Gasteiger partial charge in [0.1, 0.15) is 0 Å². The lowest BCUT2D eigenvalue weighted by molar-refractivity contribution is -0.137. The molecule has 0 fully saturated rings. The molecule has 1 amide bonds. The Morgan fingerprint density at radius 1 is 1.00 bits per heavy atom. The highest BCUT2D eigenvalue weighted by Gasteiger charge is 2.34. The number of alkyl halides is 3. The maximum absolute atomic E-state index is 13.2. The van der Waals surface area contributed by atoms with Crippen molar-refractivity contribution in [1.82, 2.24) is 4.72 Å². The monoisotopic (exact) mass is 510 g/mol. The standard InChI is InChI=1S/C24H22ClF3N2O3S/c1-16(18-5-3-2-4-6-18)30-34(32,33)20-11-7-17(8-12-20)9-14-23(31)29-22-13-10-19(25)15-21(22)24(26,27)28/h2-8,10-13,15-16,30H,9,14H2,1H3,(H,29,31)/t16-/m0/s1. The highest BCUT2D eigenvalue weighted by Crippen LogP contribution is 2.36. The number of anilines is 1. The van der Waals surface area contributed by atoms with Gasteiger partial charge in [0.05, 0.1) is 16.1 Å². The number of halogens is 4. The number of rotatable bonds is 8. The van der Waals surface area contributed by atoms with E-state index >= 15 is 0 Å². The number of aryl methyl sites for hydroxylation is 1. The summed E-state index contributed by atoms with van der Waals surface area (Å²) in [5.41, 5.74) is 0.0857. The Morgan fingerprint density at radius 2 is 1.65 bits per heavy atom. The Labute approximate surface area is 201 Å². The van der Waals surface area contributed by atoms with Crippen molar-refractivity contribution >= 4 is 33.2 Å². The Hall–Kier alpha value is -2.88. The lowest BCUT2D eigenvalue weighted by atomic mass is 10.1. The number of amides is 1. The van der Waals surface area contributed by atoms with Crippen LogP contribution in [0.3, 0.4) is 0 Å². The molecule has 0 saturated heterocycles. The van der Waals surface area contributed by atoms with Crippen LogP contribution in [-0.2, 0) is 27.4 Å². The van der Waals surface area contributed by atoms with Crippen molar-refractivity contribution < 1.29 is 26.4 Å². The van der Waals surface area contributed by atoms with E-state index < -0.39 is 33.7 Å². The number of nitrogens with one attached hydrogen (secondary N) is 2. The summed E-state index contributed by atoms with van der Waals surface area (Å²) in [7, 11) is -3.77. The summed E-state index contributed by atoms with van der Waals surface area (Å²) >= 11 is 5.64. The van der Waals surface area contributed by atoms with Crippen molar-refractivity contribution in [3.63, 3.8) is 0 Å². The molecule has 0 bridgehead atoms. The molecule has 34 heavy (non-hydrogen) atoms. The molecule has 3 aromatic rings. The second-order valence-electron chi connectivity index (χ2n) is 7.63. The average Bonchev–Trinajstić information content (AvgIpc) is 2.79. The van der Waals surface area contributed by atoms with Gasteiger partial charge in [-0.05, 0) is 54.8 Å². The van der Waals surface area contributed by atoms with E-state index in [4.69, 9.17) is 11.6 Å². The molecule has 0 aromatic heterocycles. The summed E-state index contributed by atoms with van der Waals surface area (Å²) in [6.45, 7) is 1.74. The van der Waals surface area contributed by atoms with Crippen LogP contribution in [0.15, 0.2) is 77.7 Å². The van der Waals surface area contributed by atoms with Gasteiger partial charge in [-0.2, -0.15) is 13.2 Å². The van der Waals surface area contributed by atoms with Crippen LogP contribution < -0.4 is 10.0 Å². The molecule has 0 saturated carbocycles. The molecule has 0 aliphatic carbocycles. The highest BCUT2D eigenvalue weighted by atomic mass is 35.5. The smallest absolute Gasteiger partial charge is 0.325 e. The molecule has 0 spiro atoms. The van der Waals surface area contributed by atoms with Gasteiger partial charge < -0.3 is 5.32 Å². The molecule has 1 atom stereocenters. The summed E-state index contributed by atoms with van der Waals surface area (Å²) in [5, 5.41) is 2.17. The SMILES string of the molecule is C[C@H](NS(=O)(=O)c1ccc(CCC(=O)Nc2ccc(Cl)cc2C(F)(F)F)cc1)c1ccccc1. The van der Waals surface area contributed by atoms with Crippen LogP contribution in [-0.4, -0.2) is 14.3 Å². The number of carbonyl (C=O) groups is 1. The molecule has 0 aliphatic heterocycles. The Balaban J connectivity index is 1.60. The van der Waals surface area contributed by atoms with Gasteiger partial charge in [0.25, 0.3) is 0 Å². The topological polar surface area (TPSA) is 75.3 Å². The first kappa shape index (κ1) is 25.7. The fourth-order valence-electron chi connectivity index (χ4n) is 3.28. The largest absolute Gasteiger partial charge is 0.418 e. The summed E-state index contributed by atoms with van der Waals surface area (Å²) in [6, 6.07) is 17.8. The molecule has 180 valence electrons. The molecule has 3 rings (SSSR count). The van der Waals surface area contributed by atoms with Gasteiger partial charge in [-0.15, -0.1) is 0 Å². The Kier molecular flexibility index (Phi) is 8.01. The molecule has 0 radical (unpaired) electrons. The van der Waals surface area contributed by atoms with Crippen LogP contribution in [0.5, 0.6) is 0 Å². The van der Waals surface area contributed by atoms with E-state index in [0.29, 0.717) is 5.56 Å². The van der Waals surface area contributed by atoms with Crippen molar-refractivity contribution in [1.29, 1.82) is 0 Å². The number of hydrogen-bond donors (Lipinski definition) is 2. The fraction of sp³-hybridized carbons (Fsp3) is 0.208. The molecule has 0 aliphatic rings. The van der Waals surface area contributed by atoms with Crippen LogP contribution in [0.25, 0.3) is 0 Å². The van der Waals surface area contributed by atoms with Gasteiger partial charge in [0, 0.05) is 17.5 Å². The first-order chi connectivity index (χ1) is 16.0. The zero-order valence-electron chi connectivity index (χ0n) is 18.1. The van der Waals surface area contributed by atoms with Crippen molar-refractivity contribution in [2.75, 3.05) is 5.32 Å². The third-order valence-electron chi connectivity index (χ3n) is 5.07. The molecule has 2 N–H and O–H groups in total. The van der Waals surface area contributed by atoms with Crippen LogP contribution in [0, 0.1) is 0 Å². The lowest BCUT2D eigenvalue weighted by Crippen LogP contribution is -2.26. The quantitative estimate of drug-likeness (QED) is 0.392. The summed E-state index contributed by atoms with van der Waals surface area (Å²) < 4.78 is 67.5. The zero-order chi connectivity index (χ0) is 24.9. The minimum Gasteiger partial charge on any atom is -0.325 e. The van der Waals surface area contributed by atoms with Crippen molar-refractivity contribution in [3.8, 4) is 0 Å². The van der Waals surface area contributed by atoms with Crippen LogP contribution in [0.2, 0.25) is 5.02 Å². The number of benzene rings is 3. The van der Waals surface area contributed by atoms with Gasteiger partial charge >= 0.3 is 6.18 Å². The van der Waals surface area contributed by atoms with E-state index in [1.807, 2.05) is 30.3 Å². The number of sulfonamides is 1. The van der Waals surface area contributed by atoms with Gasteiger partial charge in [-0.1, -0.05) is 54.1 Å². The van der Waals surface area contributed by atoms with Gasteiger partial charge in [0.15, 0.2) is 0 Å². The average molecular weight is 511 g/mol. The predicted molar refractivity (Wildman–Crippen MR) is 125 cm³/mol. The van der Waals surface area contributed by atoms with Crippen LogP contribution in [0.1, 0.15) is 36.1 Å². The molecule has 0 heterocycles. The Morgan fingerprint density at radius 3 is 2.26 bits per heavy atom. The maximum atomic E-state index is 13.2. The Bertz CT molecular complexity index is 1250. The third-order valence-corrected chi connectivity index (χ3v) is 6.86. The number of carbonyl (C=O) groups excluding carboxylic acids is 1. The normalized spacial score (nSPS) is 12.9. The molecule has 10 heteroatoms. The van der Waals surface area contributed by atoms with E-state index in [0.717, 1.165) is 17.7 Å². The lowest BCUT2D eigenvalue weighted by Gasteiger charge is -2.15. The van der Waals surface area contributed by atoms with Crippen LogP contribution in [0.4, 0.5) is 18.9 Å². The first-order valence-electron chi connectivity index (χ1n) is 10.3. The second kappa shape index (κ2) is 10.6. The molecule has 0 unspecified atom stereocenters. The molecule has 3 aromatic carbocycles. The van der Waals surface area contributed by atoms with Crippen molar-refractivity contribution in [2.45, 2.75) is 36.9 Å². The summed E-state index contributed by atoms with van der Waals surface area (Å²) in [6.07, 6.45) is -4.54. The fourth-order valence-corrected chi connectivity index (χ4v) is 4.68. The number of hydrogen-bond acceptors (Lipinski definition) is 3. The van der Waals surface area contributed by atoms with Crippen molar-refractivity contribution in [2.24, 2.45) is 0 Å². The predicted octanol–water partition coefficient (Wildman–Crippen LogP) is 5.97. The van der Waals surface area contributed by atoms with E-state index in [-0.39, 0.29) is 28.4 Å². The minimum atomic E-state index is -4.67. The molecular weight excluding hydrogens is 489 g/mol. The van der Waals surface area contributed by atoms with Crippen LogP contribution >= 0.6 is 11.6 Å². The zero-order valence-corrected chi connectivity index (χ0v) is 19.6. The molecule has 5 nitrogen and oxygen atoms in total. The van der Waals surface area contributed by atoms with Gasteiger partial charge in [-0.3, -0.25) is 4.79 Å². The minimum absolute atomic E-state index is 0.0689. The second-order valence-corrected chi connectivity index (χ2v) is 9.78. The first-order valence-corrected chi connectivity index (χ1v) is 12.1. The van der Waals surface area contributed by atoms with E-state index in [1.54, 1.807) is 19.1 Å². The summed E-state index contributed by atoms with van der Waals surface area (Å²) in [5.74, 6) is -0.608. The van der Waals surface area contributed by atoms with E-state index in [2.05, 4.69) is 10.0 Å². The third kappa shape index (κ3) is 6.82. The van der Waals surface area contributed by atoms with E-state index in [1.165, 1.54) is 18.2 Å². The van der Waals surface area contributed by atoms with E-state index in [9.17, 15) is 26.4 Å². The van der Waals surface area contributed by atoms with Crippen molar-refractivity contribution in [3.05, 3.63) is 94.5 Å². The van der Waals surface area contributed by atoms with Gasteiger partial charge in [-0.25, -0.2) is 13.1 Å². The highest BCUT2D eigenvalue weighted by molar-refractivity contribution is 7.89. The van der Waals surface area contributed by atoms with Gasteiger partial charge in [0.2, 0.25) is 15.9 Å². The molecular formula is C24H22ClF3N2O3S.